The molecule has 1 heterocycles. The van der Waals surface area contributed by atoms with Crippen molar-refractivity contribution in [1.82, 2.24) is 5.32 Å². The molecule has 0 radical (unpaired) electrons. The second-order valence-electron chi connectivity index (χ2n) is 4.75. The normalized spacial score (nSPS) is 26.3. The third kappa shape index (κ3) is 2.80. The molecule has 1 saturated heterocycles. The van der Waals surface area contributed by atoms with Gasteiger partial charge in [-0.1, -0.05) is 0 Å². The summed E-state index contributed by atoms with van der Waals surface area (Å²) in [6, 6.07) is 3.80. The van der Waals surface area contributed by atoms with E-state index >= 15 is 0 Å². The predicted molar refractivity (Wildman–Crippen MR) is 67.1 cm³/mol. The van der Waals surface area contributed by atoms with Gasteiger partial charge in [-0.3, -0.25) is 4.79 Å². The van der Waals surface area contributed by atoms with E-state index in [9.17, 15) is 15.0 Å². The number of aromatic hydroxyl groups is 2. The molecule has 2 unspecified atom stereocenters. The van der Waals surface area contributed by atoms with Gasteiger partial charge >= 0.3 is 0 Å². The van der Waals surface area contributed by atoms with Crippen molar-refractivity contribution in [2.24, 2.45) is 0 Å². The maximum atomic E-state index is 11.9. The fourth-order valence-corrected chi connectivity index (χ4v) is 2.00. The molecule has 1 aromatic rings. The Labute approximate surface area is 110 Å². The zero-order valence-corrected chi connectivity index (χ0v) is 10.6. The lowest BCUT2D eigenvalue weighted by Gasteiger charge is -2.26. The Morgan fingerprint density at radius 1 is 1.47 bits per heavy atom. The molecule has 0 bridgehead atoms. The van der Waals surface area contributed by atoms with Crippen LogP contribution < -0.4 is 5.32 Å². The Morgan fingerprint density at radius 2 is 2.21 bits per heavy atom. The van der Waals surface area contributed by atoms with E-state index in [-0.39, 0.29) is 29.7 Å². The number of hydrogen-bond donors (Lipinski definition) is 4. The molecule has 1 amide bonds. The highest BCUT2D eigenvalue weighted by Crippen LogP contribution is 2.26. The van der Waals surface area contributed by atoms with Gasteiger partial charge in [0.2, 0.25) is 0 Å². The number of carbonyl (C=O) groups is 1. The highest BCUT2D eigenvalue weighted by atomic mass is 16.5. The van der Waals surface area contributed by atoms with Crippen molar-refractivity contribution in [2.45, 2.75) is 25.0 Å². The van der Waals surface area contributed by atoms with Crippen molar-refractivity contribution in [3.8, 4) is 11.5 Å². The molecule has 2 atom stereocenters. The van der Waals surface area contributed by atoms with Gasteiger partial charge in [0.05, 0.1) is 6.10 Å². The lowest BCUT2D eigenvalue weighted by Crippen LogP contribution is -2.47. The van der Waals surface area contributed by atoms with E-state index in [1.54, 1.807) is 6.92 Å². The first-order valence-corrected chi connectivity index (χ1v) is 6.06. The Balaban J connectivity index is 1.99. The van der Waals surface area contributed by atoms with E-state index in [4.69, 9.17) is 9.84 Å². The van der Waals surface area contributed by atoms with Gasteiger partial charge in [0.1, 0.15) is 5.60 Å². The van der Waals surface area contributed by atoms with Gasteiger partial charge in [0.15, 0.2) is 11.5 Å². The number of aliphatic hydroxyl groups is 1. The molecule has 1 aliphatic rings. The maximum Gasteiger partial charge on any atom is 0.251 e. The third-order valence-electron chi connectivity index (χ3n) is 3.45. The molecule has 0 aliphatic carbocycles. The van der Waals surface area contributed by atoms with Gasteiger partial charge in [0, 0.05) is 25.1 Å². The van der Waals surface area contributed by atoms with Crippen molar-refractivity contribution in [2.75, 3.05) is 13.2 Å². The van der Waals surface area contributed by atoms with Gasteiger partial charge in [-0.25, -0.2) is 0 Å². The first kappa shape index (κ1) is 13.6. The van der Waals surface area contributed by atoms with E-state index in [1.165, 1.54) is 18.2 Å². The summed E-state index contributed by atoms with van der Waals surface area (Å²) in [7, 11) is 0. The SMILES string of the molecule is CC1OCCC1(O)CNC(=O)c1ccc(O)c(O)c1. The van der Waals surface area contributed by atoms with Crippen LogP contribution in [0.15, 0.2) is 18.2 Å². The Kier molecular flexibility index (Phi) is 3.64. The number of ether oxygens (including phenoxy) is 1. The van der Waals surface area contributed by atoms with Crippen molar-refractivity contribution in [1.29, 1.82) is 0 Å². The van der Waals surface area contributed by atoms with Crippen LogP contribution in [-0.4, -0.2) is 46.1 Å². The molecule has 4 N–H and O–H groups in total. The van der Waals surface area contributed by atoms with E-state index in [0.717, 1.165) is 0 Å². The number of nitrogens with one attached hydrogen (secondary N) is 1. The molecule has 2 rings (SSSR count). The molecule has 1 aliphatic heterocycles. The minimum Gasteiger partial charge on any atom is -0.504 e. The average Bonchev–Trinajstić information content (AvgIpc) is 2.71. The van der Waals surface area contributed by atoms with Crippen molar-refractivity contribution in [3.05, 3.63) is 23.8 Å². The number of benzene rings is 1. The maximum absolute atomic E-state index is 11.9. The summed E-state index contributed by atoms with van der Waals surface area (Å²) in [5, 5.41) is 31.3. The second kappa shape index (κ2) is 5.07. The lowest BCUT2D eigenvalue weighted by molar-refractivity contribution is -0.0251. The summed E-state index contributed by atoms with van der Waals surface area (Å²) < 4.78 is 5.27. The smallest absolute Gasteiger partial charge is 0.251 e. The molecular weight excluding hydrogens is 250 g/mol. The fourth-order valence-electron chi connectivity index (χ4n) is 2.00. The molecule has 0 saturated carbocycles. The molecule has 1 aromatic carbocycles. The average molecular weight is 267 g/mol. The summed E-state index contributed by atoms with van der Waals surface area (Å²) in [4.78, 5) is 11.9. The Morgan fingerprint density at radius 3 is 2.79 bits per heavy atom. The van der Waals surface area contributed by atoms with Crippen LogP contribution in [0.25, 0.3) is 0 Å². The standard InChI is InChI=1S/C13H17NO5/c1-8-13(18,4-5-19-8)7-14-12(17)9-2-3-10(15)11(16)6-9/h2-3,6,8,15-16,18H,4-5,7H2,1H3,(H,14,17). The van der Waals surface area contributed by atoms with Crippen LogP contribution >= 0.6 is 0 Å². The number of phenolic OH excluding ortho intramolecular Hbond substituents is 2. The number of carbonyl (C=O) groups excluding carboxylic acids is 1. The monoisotopic (exact) mass is 267 g/mol. The lowest BCUT2D eigenvalue weighted by atomic mass is 9.96. The molecule has 6 heteroatoms. The summed E-state index contributed by atoms with van der Waals surface area (Å²) in [5.41, 5.74) is -0.847. The minimum atomic E-state index is -1.06. The number of hydrogen-bond acceptors (Lipinski definition) is 5. The topological polar surface area (TPSA) is 99.0 Å². The summed E-state index contributed by atoms with van der Waals surface area (Å²) in [6.07, 6.45) is 0.135. The van der Waals surface area contributed by atoms with Gasteiger partial charge in [-0.15, -0.1) is 0 Å². The van der Waals surface area contributed by atoms with Crippen LogP contribution in [-0.2, 0) is 4.74 Å². The zero-order chi connectivity index (χ0) is 14.0. The minimum absolute atomic E-state index is 0.0780. The van der Waals surface area contributed by atoms with Gasteiger partial charge in [0.25, 0.3) is 5.91 Å². The number of amides is 1. The summed E-state index contributed by atoms with van der Waals surface area (Å²) in [6.45, 7) is 2.30. The van der Waals surface area contributed by atoms with Crippen molar-refractivity contribution in [3.63, 3.8) is 0 Å². The number of phenols is 2. The van der Waals surface area contributed by atoms with Gasteiger partial charge in [-0.2, -0.15) is 0 Å². The van der Waals surface area contributed by atoms with E-state index < -0.39 is 11.5 Å². The molecule has 6 nitrogen and oxygen atoms in total. The van der Waals surface area contributed by atoms with Crippen LogP contribution in [0.2, 0.25) is 0 Å². The quantitative estimate of drug-likeness (QED) is 0.593. The van der Waals surface area contributed by atoms with Crippen LogP contribution in [0.4, 0.5) is 0 Å². The predicted octanol–water partition coefficient (Wildman–Crippen LogP) is 0.367. The molecule has 0 aromatic heterocycles. The Bertz CT molecular complexity index is 490. The first-order chi connectivity index (χ1) is 8.92. The Hall–Kier alpha value is -1.79. The highest BCUT2D eigenvalue weighted by Gasteiger charge is 2.39. The van der Waals surface area contributed by atoms with Crippen LogP contribution in [0.1, 0.15) is 23.7 Å². The summed E-state index contributed by atoms with van der Waals surface area (Å²) in [5.74, 6) is -1.07. The van der Waals surface area contributed by atoms with Gasteiger partial charge < -0.3 is 25.4 Å². The van der Waals surface area contributed by atoms with Gasteiger partial charge in [-0.05, 0) is 25.1 Å². The molecular formula is C13H17NO5. The highest BCUT2D eigenvalue weighted by molar-refractivity contribution is 5.94. The molecule has 1 fully saturated rings. The fraction of sp³-hybridized carbons (Fsp3) is 0.462. The zero-order valence-electron chi connectivity index (χ0n) is 10.6. The molecule has 19 heavy (non-hydrogen) atoms. The van der Waals surface area contributed by atoms with E-state index in [2.05, 4.69) is 5.32 Å². The van der Waals surface area contributed by atoms with E-state index in [1.807, 2.05) is 0 Å². The molecule has 0 spiro atoms. The largest absolute Gasteiger partial charge is 0.504 e. The van der Waals surface area contributed by atoms with Crippen LogP contribution in [0.5, 0.6) is 11.5 Å². The van der Waals surface area contributed by atoms with Crippen LogP contribution in [0.3, 0.4) is 0 Å². The second-order valence-corrected chi connectivity index (χ2v) is 4.75. The summed E-state index contributed by atoms with van der Waals surface area (Å²) >= 11 is 0. The molecule has 104 valence electrons. The number of rotatable bonds is 3. The third-order valence-corrected chi connectivity index (χ3v) is 3.45. The first-order valence-electron chi connectivity index (χ1n) is 6.06. The van der Waals surface area contributed by atoms with Crippen molar-refractivity contribution >= 4 is 5.91 Å². The van der Waals surface area contributed by atoms with Crippen LogP contribution in [0, 0.1) is 0 Å². The van der Waals surface area contributed by atoms with Crippen molar-refractivity contribution < 1.29 is 24.9 Å². The van der Waals surface area contributed by atoms with E-state index in [0.29, 0.717) is 13.0 Å².